The standard InChI is InChI=1S/C18H20N4OS/c1-13-15-12-16(24-18(15)20(2)19-13)17(23)22-10-8-21(9-11-22)14-6-4-3-5-7-14/h3-7,12H,8-11H2,1-2H3. The first-order valence-corrected chi connectivity index (χ1v) is 8.97. The van der Waals surface area contributed by atoms with Gasteiger partial charge >= 0.3 is 0 Å². The molecule has 0 radical (unpaired) electrons. The summed E-state index contributed by atoms with van der Waals surface area (Å²) in [5, 5.41) is 5.49. The average molecular weight is 340 g/mol. The number of aromatic nitrogens is 2. The molecule has 1 aromatic carbocycles. The molecule has 1 saturated heterocycles. The number of anilines is 1. The fourth-order valence-electron chi connectivity index (χ4n) is 3.27. The van der Waals surface area contributed by atoms with Crippen molar-refractivity contribution in [2.24, 2.45) is 7.05 Å². The molecule has 0 spiro atoms. The molecule has 3 heterocycles. The van der Waals surface area contributed by atoms with Crippen molar-refractivity contribution in [2.75, 3.05) is 31.1 Å². The van der Waals surface area contributed by atoms with Crippen LogP contribution in [0.2, 0.25) is 0 Å². The van der Waals surface area contributed by atoms with Gasteiger partial charge in [-0.05, 0) is 25.1 Å². The van der Waals surface area contributed by atoms with E-state index in [-0.39, 0.29) is 5.91 Å². The van der Waals surface area contributed by atoms with Crippen molar-refractivity contribution < 1.29 is 4.79 Å². The minimum absolute atomic E-state index is 0.142. The molecule has 1 fully saturated rings. The van der Waals surface area contributed by atoms with E-state index >= 15 is 0 Å². The molecule has 1 aliphatic rings. The number of benzene rings is 1. The van der Waals surface area contributed by atoms with Crippen LogP contribution in [0.3, 0.4) is 0 Å². The molecular formula is C18H20N4OS. The predicted molar refractivity (Wildman–Crippen MR) is 97.9 cm³/mol. The highest BCUT2D eigenvalue weighted by Gasteiger charge is 2.24. The normalized spacial score (nSPS) is 15.2. The second-order valence-corrected chi connectivity index (χ2v) is 7.18. The monoisotopic (exact) mass is 340 g/mol. The second kappa shape index (κ2) is 5.94. The molecule has 1 aliphatic heterocycles. The third-order valence-corrected chi connectivity index (χ3v) is 5.79. The number of aryl methyl sites for hydroxylation is 2. The van der Waals surface area contributed by atoms with E-state index in [0.717, 1.165) is 47.0 Å². The molecule has 0 aliphatic carbocycles. The molecule has 1 amide bonds. The number of rotatable bonds is 2. The zero-order valence-electron chi connectivity index (χ0n) is 13.9. The minimum Gasteiger partial charge on any atom is -0.368 e. The fraction of sp³-hybridized carbons (Fsp3) is 0.333. The van der Waals surface area contributed by atoms with E-state index in [2.05, 4.69) is 34.3 Å². The van der Waals surface area contributed by atoms with Gasteiger partial charge in [0.25, 0.3) is 5.91 Å². The molecule has 3 aromatic rings. The summed E-state index contributed by atoms with van der Waals surface area (Å²) in [6, 6.07) is 12.4. The lowest BCUT2D eigenvalue weighted by Crippen LogP contribution is -2.48. The minimum atomic E-state index is 0.142. The van der Waals surface area contributed by atoms with Gasteiger partial charge in [-0.15, -0.1) is 11.3 Å². The lowest BCUT2D eigenvalue weighted by atomic mass is 10.2. The van der Waals surface area contributed by atoms with Crippen molar-refractivity contribution in [1.82, 2.24) is 14.7 Å². The van der Waals surface area contributed by atoms with Crippen molar-refractivity contribution in [2.45, 2.75) is 6.92 Å². The molecule has 0 unspecified atom stereocenters. The Morgan fingerprint density at radius 1 is 1.12 bits per heavy atom. The number of hydrogen-bond donors (Lipinski definition) is 0. The van der Waals surface area contributed by atoms with Gasteiger partial charge in [0.05, 0.1) is 10.6 Å². The van der Waals surface area contributed by atoms with Gasteiger partial charge in [-0.1, -0.05) is 18.2 Å². The van der Waals surface area contributed by atoms with Gasteiger partial charge in [-0.25, -0.2) is 0 Å². The van der Waals surface area contributed by atoms with Gasteiger partial charge in [0.1, 0.15) is 4.83 Å². The summed E-state index contributed by atoms with van der Waals surface area (Å²) in [7, 11) is 1.93. The lowest BCUT2D eigenvalue weighted by molar-refractivity contribution is 0.0752. The molecule has 24 heavy (non-hydrogen) atoms. The highest BCUT2D eigenvalue weighted by Crippen LogP contribution is 2.29. The smallest absolute Gasteiger partial charge is 0.264 e. The molecule has 0 N–H and O–H groups in total. The Balaban J connectivity index is 1.48. The number of fused-ring (bicyclic) bond motifs is 1. The first-order chi connectivity index (χ1) is 11.6. The van der Waals surface area contributed by atoms with E-state index in [1.165, 1.54) is 17.0 Å². The number of carbonyl (C=O) groups is 1. The van der Waals surface area contributed by atoms with Crippen LogP contribution in [-0.4, -0.2) is 46.8 Å². The summed E-state index contributed by atoms with van der Waals surface area (Å²) in [6.07, 6.45) is 0. The van der Waals surface area contributed by atoms with E-state index < -0.39 is 0 Å². The number of thiophene rings is 1. The van der Waals surface area contributed by atoms with Crippen molar-refractivity contribution >= 4 is 33.1 Å². The molecule has 4 rings (SSSR count). The highest BCUT2D eigenvalue weighted by atomic mass is 32.1. The van der Waals surface area contributed by atoms with E-state index in [0.29, 0.717) is 0 Å². The quantitative estimate of drug-likeness (QED) is 0.720. The maximum atomic E-state index is 12.8. The predicted octanol–water partition coefficient (Wildman–Crippen LogP) is 2.91. The van der Waals surface area contributed by atoms with Crippen LogP contribution in [0.15, 0.2) is 36.4 Å². The van der Waals surface area contributed by atoms with E-state index in [4.69, 9.17) is 0 Å². The number of para-hydroxylation sites is 1. The van der Waals surface area contributed by atoms with Gasteiger partial charge in [0, 0.05) is 44.3 Å². The summed E-state index contributed by atoms with van der Waals surface area (Å²) in [6.45, 7) is 5.27. The molecule has 0 saturated carbocycles. The molecular weight excluding hydrogens is 320 g/mol. The van der Waals surface area contributed by atoms with Gasteiger partial charge in [-0.3, -0.25) is 9.48 Å². The molecule has 0 bridgehead atoms. The summed E-state index contributed by atoms with van der Waals surface area (Å²) in [4.78, 5) is 19.0. The average Bonchev–Trinajstić information content (AvgIpc) is 3.17. The van der Waals surface area contributed by atoms with E-state index in [1.807, 2.05) is 35.7 Å². The van der Waals surface area contributed by atoms with Crippen LogP contribution in [0.5, 0.6) is 0 Å². The van der Waals surface area contributed by atoms with Gasteiger partial charge < -0.3 is 9.80 Å². The third kappa shape index (κ3) is 2.57. The fourth-order valence-corrected chi connectivity index (χ4v) is 4.36. The van der Waals surface area contributed by atoms with Crippen molar-refractivity contribution in [3.63, 3.8) is 0 Å². The van der Waals surface area contributed by atoms with Crippen LogP contribution in [0.4, 0.5) is 5.69 Å². The van der Waals surface area contributed by atoms with Crippen LogP contribution in [0.25, 0.3) is 10.2 Å². The number of nitrogens with zero attached hydrogens (tertiary/aromatic N) is 4. The van der Waals surface area contributed by atoms with Gasteiger partial charge in [-0.2, -0.15) is 5.10 Å². The van der Waals surface area contributed by atoms with Crippen LogP contribution < -0.4 is 4.90 Å². The Kier molecular flexibility index (Phi) is 3.76. The number of hydrogen-bond acceptors (Lipinski definition) is 4. The van der Waals surface area contributed by atoms with Crippen molar-refractivity contribution in [1.29, 1.82) is 0 Å². The maximum absolute atomic E-state index is 12.8. The Hall–Kier alpha value is -2.34. The number of amides is 1. The van der Waals surface area contributed by atoms with Crippen molar-refractivity contribution in [3.8, 4) is 0 Å². The number of carbonyl (C=O) groups excluding carboxylic acids is 1. The summed E-state index contributed by atoms with van der Waals surface area (Å²) >= 11 is 1.54. The molecule has 5 nitrogen and oxygen atoms in total. The summed E-state index contributed by atoms with van der Waals surface area (Å²) in [5.74, 6) is 0.142. The van der Waals surface area contributed by atoms with Crippen LogP contribution in [-0.2, 0) is 7.05 Å². The Morgan fingerprint density at radius 3 is 2.50 bits per heavy atom. The maximum Gasteiger partial charge on any atom is 0.264 e. The van der Waals surface area contributed by atoms with E-state index in [9.17, 15) is 4.79 Å². The second-order valence-electron chi connectivity index (χ2n) is 6.15. The highest BCUT2D eigenvalue weighted by molar-refractivity contribution is 7.20. The first-order valence-electron chi connectivity index (χ1n) is 8.16. The zero-order chi connectivity index (χ0) is 16.7. The van der Waals surface area contributed by atoms with Crippen molar-refractivity contribution in [3.05, 3.63) is 47.0 Å². The molecule has 124 valence electrons. The summed E-state index contributed by atoms with van der Waals surface area (Å²) in [5.41, 5.74) is 2.21. The summed E-state index contributed by atoms with van der Waals surface area (Å²) < 4.78 is 1.86. The van der Waals surface area contributed by atoms with Crippen LogP contribution in [0.1, 0.15) is 15.4 Å². The SMILES string of the molecule is Cc1nn(C)c2sc(C(=O)N3CCN(c4ccccc4)CC3)cc12. The topological polar surface area (TPSA) is 41.4 Å². The van der Waals surface area contributed by atoms with Gasteiger partial charge in [0.15, 0.2) is 0 Å². The molecule has 6 heteroatoms. The largest absolute Gasteiger partial charge is 0.368 e. The number of piperazine rings is 1. The van der Waals surface area contributed by atoms with Crippen LogP contribution in [0, 0.1) is 6.92 Å². The third-order valence-electron chi connectivity index (χ3n) is 4.60. The Morgan fingerprint density at radius 2 is 1.83 bits per heavy atom. The Bertz CT molecular complexity index is 841. The van der Waals surface area contributed by atoms with Crippen LogP contribution >= 0.6 is 11.3 Å². The lowest BCUT2D eigenvalue weighted by Gasteiger charge is -2.35. The molecule has 0 atom stereocenters. The molecule has 2 aromatic heterocycles. The first kappa shape index (κ1) is 15.2. The Labute approximate surface area is 145 Å². The van der Waals surface area contributed by atoms with E-state index in [1.54, 1.807) is 0 Å². The van der Waals surface area contributed by atoms with Gasteiger partial charge in [0.2, 0.25) is 0 Å². The zero-order valence-corrected chi connectivity index (χ0v) is 14.7.